The molecule has 1 aliphatic rings. The summed E-state index contributed by atoms with van der Waals surface area (Å²) in [5.41, 5.74) is 0. The van der Waals surface area contributed by atoms with Gasteiger partial charge in [0.1, 0.15) is 30.5 Å². The summed E-state index contributed by atoms with van der Waals surface area (Å²) >= 11 is 0. The Morgan fingerprint density at radius 2 is 1.81 bits per heavy atom. The second-order valence-electron chi connectivity index (χ2n) is 5.10. The maximum absolute atomic E-state index is 8.71. The average Bonchev–Trinajstić information content (AvgIpc) is 3.27. The van der Waals surface area contributed by atoms with Crippen molar-refractivity contribution in [2.24, 2.45) is 0 Å². The van der Waals surface area contributed by atoms with E-state index in [1.807, 2.05) is 31.2 Å². The molecule has 21 heavy (non-hydrogen) atoms. The third-order valence-corrected chi connectivity index (χ3v) is 3.40. The Hall–Kier alpha value is -2.08. The van der Waals surface area contributed by atoms with Crippen LogP contribution in [0.15, 0.2) is 24.3 Å². The first-order chi connectivity index (χ1) is 10.3. The molecule has 6 heteroatoms. The molecule has 112 valence electrons. The number of benzene rings is 1. The number of rotatable bonds is 7. The van der Waals surface area contributed by atoms with Crippen molar-refractivity contribution in [2.75, 3.05) is 13.2 Å². The average molecular weight is 289 g/mol. The Bertz CT molecular complexity index is 591. The van der Waals surface area contributed by atoms with Gasteiger partial charge < -0.3 is 19.1 Å². The minimum absolute atomic E-state index is 0.00836. The van der Waals surface area contributed by atoms with Crippen molar-refractivity contribution in [3.63, 3.8) is 0 Å². The van der Waals surface area contributed by atoms with E-state index < -0.39 is 0 Å². The Balaban J connectivity index is 1.60. The highest BCUT2D eigenvalue weighted by Crippen LogP contribution is 2.36. The third-order valence-electron chi connectivity index (χ3n) is 3.40. The van der Waals surface area contributed by atoms with Crippen molar-refractivity contribution in [1.29, 1.82) is 0 Å². The van der Waals surface area contributed by atoms with Crippen molar-refractivity contribution in [1.82, 2.24) is 14.8 Å². The van der Waals surface area contributed by atoms with E-state index in [1.165, 1.54) is 12.8 Å². The number of aryl methyl sites for hydroxylation is 1. The molecule has 0 saturated heterocycles. The molecule has 6 nitrogen and oxygen atoms in total. The van der Waals surface area contributed by atoms with Crippen LogP contribution >= 0.6 is 0 Å². The maximum atomic E-state index is 8.71. The zero-order chi connectivity index (χ0) is 14.7. The molecular weight excluding hydrogens is 270 g/mol. The maximum Gasteiger partial charge on any atom is 0.171 e. The third kappa shape index (κ3) is 3.33. The van der Waals surface area contributed by atoms with Crippen molar-refractivity contribution >= 4 is 0 Å². The molecule has 0 atom stereocenters. The van der Waals surface area contributed by atoms with E-state index >= 15 is 0 Å². The van der Waals surface area contributed by atoms with Gasteiger partial charge in [0.15, 0.2) is 5.82 Å². The van der Waals surface area contributed by atoms with Crippen LogP contribution in [0.25, 0.3) is 0 Å². The van der Waals surface area contributed by atoms with E-state index in [2.05, 4.69) is 14.8 Å². The van der Waals surface area contributed by atoms with Crippen LogP contribution in [-0.2, 0) is 6.61 Å². The minimum atomic E-state index is 0.00836. The van der Waals surface area contributed by atoms with Crippen LogP contribution < -0.4 is 9.47 Å². The fraction of sp³-hybridized carbons (Fsp3) is 0.467. The molecule has 1 N–H and O–H groups in total. The lowest BCUT2D eigenvalue weighted by Crippen LogP contribution is -2.07. The number of aliphatic hydroxyl groups is 1. The molecule has 1 fully saturated rings. The smallest absolute Gasteiger partial charge is 0.171 e. The van der Waals surface area contributed by atoms with Crippen molar-refractivity contribution in [2.45, 2.75) is 32.4 Å². The lowest BCUT2D eigenvalue weighted by atomic mass is 10.3. The summed E-state index contributed by atoms with van der Waals surface area (Å²) in [6.45, 7) is 2.69. The molecule has 0 radical (unpaired) electrons. The van der Waals surface area contributed by atoms with Crippen LogP contribution in [0.2, 0.25) is 0 Å². The second-order valence-corrected chi connectivity index (χ2v) is 5.10. The molecule has 2 aromatic rings. The fourth-order valence-corrected chi connectivity index (χ4v) is 2.26. The molecule has 1 aliphatic carbocycles. The van der Waals surface area contributed by atoms with E-state index in [1.54, 1.807) is 0 Å². The van der Waals surface area contributed by atoms with E-state index in [0.29, 0.717) is 25.0 Å². The summed E-state index contributed by atoms with van der Waals surface area (Å²) < 4.78 is 13.2. The van der Waals surface area contributed by atoms with Crippen LogP contribution in [0.1, 0.15) is 30.5 Å². The number of aliphatic hydroxyl groups excluding tert-OH is 1. The largest absolute Gasteiger partial charge is 0.491 e. The molecule has 3 rings (SSSR count). The molecule has 1 aromatic heterocycles. The molecular formula is C15H19N3O3. The first-order valence-corrected chi connectivity index (χ1v) is 7.15. The Kier molecular flexibility index (Phi) is 4.06. The number of hydrogen-bond donors (Lipinski definition) is 1. The van der Waals surface area contributed by atoms with E-state index in [4.69, 9.17) is 14.6 Å². The predicted octanol–water partition coefficient (Wildman–Crippen LogP) is 1.87. The van der Waals surface area contributed by atoms with Crippen LogP contribution in [-0.4, -0.2) is 33.1 Å². The van der Waals surface area contributed by atoms with Gasteiger partial charge in [-0.3, -0.25) is 0 Å². The fourth-order valence-electron chi connectivity index (χ4n) is 2.26. The van der Waals surface area contributed by atoms with E-state index in [0.717, 1.165) is 17.4 Å². The minimum Gasteiger partial charge on any atom is -0.491 e. The Morgan fingerprint density at radius 3 is 2.43 bits per heavy atom. The van der Waals surface area contributed by atoms with E-state index in [-0.39, 0.29) is 6.61 Å². The predicted molar refractivity (Wildman–Crippen MR) is 76.4 cm³/mol. The summed E-state index contributed by atoms with van der Waals surface area (Å²) in [5, 5.41) is 17.0. The van der Waals surface area contributed by atoms with Gasteiger partial charge in [0.2, 0.25) is 0 Å². The van der Waals surface area contributed by atoms with Gasteiger partial charge >= 0.3 is 0 Å². The highest BCUT2D eigenvalue weighted by molar-refractivity contribution is 5.31. The zero-order valence-corrected chi connectivity index (χ0v) is 12.0. The normalized spacial score (nSPS) is 14.2. The lowest BCUT2D eigenvalue weighted by molar-refractivity contribution is 0.201. The van der Waals surface area contributed by atoms with Crippen LogP contribution in [0, 0.1) is 6.92 Å². The van der Waals surface area contributed by atoms with E-state index in [9.17, 15) is 0 Å². The van der Waals surface area contributed by atoms with Crippen LogP contribution in [0.5, 0.6) is 11.5 Å². The standard InChI is InChI=1S/C15H19N3O3/c1-11-16-17-15(18(11)12-2-3-12)10-21-14-6-4-13(5-7-14)20-9-8-19/h4-7,12,19H,2-3,8-10H2,1H3. The number of ether oxygens (including phenoxy) is 2. The van der Waals surface area contributed by atoms with Crippen molar-refractivity contribution < 1.29 is 14.6 Å². The van der Waals surface area contributed by atoms with Crippen molar-refractivity contribution in [3.8, 4) is 11.5 Å². The summed E-state index contributed by atoms with van der Waals surface area (Å²) in [4.78, 5) is 0. The highest BCUT2D eigenvalue weighted by atomic mass is 16.5. The van der Waals surface area contributed by atoms with Gasteiger partial charge in [-0.2, -0.15) is 0 Å². The molecule has 0 unspecified atom stereocenters. The van der Waals surface area contributed by atoms with Gasteiger partial charge in [-0.15, -0.1) is 10.2 Å². The zero-order valence-electron chi connectivity index (χ0n) is 12.0. The Morgan fingerprint density at radius 1 is 1.14 bits per heavy atom. The van der Waals surface area contributed by atoms with Crippen LogP contribution in [0.4, 0.5) is 0 Å². The summed E-state index contributed by atoms with van der Waals surface area (Å²) in [6.07, 6.45) is 2.39. The van der Waals surface area contributed by atoms with Gasteiger partial charge in [0, 0.05) is 6.04 Å². The van der Waals surface area contributed by atoms with Gasteiger partial charge in [-0.25, -0.2) is 0 Å². The van der Waals surface area contributed by atoms with Crippen molar-refractivity contribution in [3.05, 3.63) is 35.9 Å². The van der Waals surface area contributed by atoms with Gasteiger partial charge in [-0.1, -0.05) is 0 Å². The quantitative estimate of drug-likeness (QED) is 0.842. The molecule has 1 heterocycles. The van der Waals surface area contributed by atoms with Gasteiger partial charge in [0.05, 0.1) is 6.61 Å². The number of hydrogen-bond acceptors (Lipinski definition) is 5. The monoisotopic (exact) mass is 289 g/mol. The summed E-state index contributed by atoms with van der Waals surface area (Å²) in [5.74, 6) is 3.29. The molecule has 0 spiro atoms. The number of nitrogens with zero attached hydrogens (tertiary/aromatic N) is 3. The van der Waals surface area contributed by atoms with Gasteiger partial charge in [-0.05, 0) is 44.0 Å². The Labute approximate surface area is 123 Å². The first kappa shape index (κ1) is 13.9. The summed E-state index contributed by atoms with van der Waals surface area (Å²) in [6, 6.07) is 7.88. The molecule has 1 saturated carbocycles. The van der Waals surface area contributed by atoms with Gasteiger partial charge in [0.25, 0.3) is 0 Å². The second kappa shape index (κ2) is 6.13. The molecule has 0 bridgehead atoms. The topological polar surface area (TPSA) is 69.4 Å². The molecule has 0 amide bonds. The molecule has 1 aromatic carbocycles. The number of aromatic nitrogens is 3. The molecule has 0 aliphatic heterocycles. The van der Waals surface area contributed by atoms with Crippen LogP contribution in [0.3, 0.4) is 0 Å². The first-order valence-electron chi connectivity index (χ1n) is 7.15. The highest BCUT2D eigenvalue weighted by Gasteiger charge is 2.28. The lowest BCUT2D eigenvalue weighted by Gasteiger charge is -2.09. The SMILES string of the molecule is Cc1nnc(COc2ccc(OCCO)cc2)n1C1CC1. The summed E-state index contributed by atoms with van der Waals surface area (Å²) in [7, 11) is 0.